The minimum Gasteiger partial charge on any atom is -0.225 e. The Hall–Kier alpha value is -1.27. The summed E-state index contributed by atoms with van der Waals surface area (Å²) in [5, 5.41) is 0.565. The van der Waals surface area contributed by atoms with Crippen LogP contribution in [0.4, 0.5) is 11.4 Å². The van der Waals surface area contributed by atoms with Crippen LogP contribution in [0.1, 0.15) is 12.0 Å². The molecule has 23 heavy (non-hydrogen) atoms. The van der Waals surface area contributed by atoms with Crippen molar-refractivity contribution in [3.63, 3.8) is 0 Å². The molecule has 7 heteroatoms. The van der Waals surface area contributed by atoms with Gasteiger partial charge < -0.3 is 0 Å². The summed E-state index contributed by atoms with van der Waals surface area (Å²) in [5.41, 5.74) is 2.21. The number of hydrogen-bond acceptors (Lipinski definition) is 2. The average molecular weight is 371 g/mol. The maximum atomic E-state index is 13.0. The van der Waals surface area contributed by atoms with Crippen LogP contribution in [0.15, 0.2) is 48.5 Å². The number of benzene rings is 2. The summed E-state index contributed by atoms with van der Waals surface area (Å²) in [4.78, 5) is 0. The van der Waals surface area contributed by atoms with Crippen LogP contribution in [0.3, 0.4) is 0 Å². The monoisotopic (exact) mass is 370 g/mol. The highest BCUT2D eigenvalue weighted by Crippen LogP contribution is 2.38. The molecule has 2 aromatic rings. The van der Waals surface area contributed by atoms with Crippen LogP contribution in [-0.2, 0) is 16.8 Å². The molecule has 0 radical (unpaired) electrons. The maximum Gasteiger partial charge on any atom is 0.308 e. The van der Waals surface area contributed by atoms with Crippen LogP contribution in [0.5, 0.6) is 0 Å². The van der Waals surface area contributed by atoms with Crippen LogP contribution in [0.25, 0.3) is 0 Å². The molecule has 0 fully saturated rings. The van der Waals surface area contributed by atoms with E-state index in [0.29, 0.717) is 41.8 Å². The van der Waals surface area contributed by atoms with E-state index >= 15 is 0 Å². The topological polar surface area (TPSA) is 40.6 Å². The predicted molar refractivity (Wildman–Crippen MR) is 94.7 cm³/mol. The van der Waals surface area contributed by atoms with Gasteiger partial charge >= 0.3 is 10.2 Å². The van der Waals surface area contributed by atoms with Gasteiger partial charge in [0.25, 0.3) is 0 Å². The normalized spacial score (nSPS) is 17.0. The van der Waals surface area contributed by atoms with Crippen LogP contribution in [0.2, 0.25) is 5.02 Å². The highest BCUT2D eigenvalue weighted by atomic mass is 35.5. The SMILES string of the molecule is O=S1(=O)N(CCCCl)Cc2ccccc2N1c1ccc(Cl)cc1. The molecule has 0 unspecified atom stereocenters. The van der Waals surface area contributed by atoms with Crippen molar-refractivity contribution in [2.24, 2.45) is 0 Å². The van der Waals surface area contributed by atoms with Crippen molar-refractivity contribution in [3.8, 4) is 0 Å². The van der Waals surface area contributed by atoms with E-state index in [1.807, 2.05) is 24.3 Å². The Balaban J connectivity index is 2.11. The Morgan fingerprint density at radius 3 is 2.43 bits per heavy atom. The molecule has 3 rings (SSSR count). The van der Waals surface area contributed by atoms with Crippen molar-refractivity contribution in [2.75, 3.05) is 16.7 Å². The summed E-state index contributed by atoms with van der Waals surface area (Å²) >= 11 is 11.7. The van der Waals surface area contributed by atoms with E-state index in [1.54, 1.807) is 24.3 Å². The van der Waals surface area contributed by atoms with Gasteiger partial charge in [-0.3, -0.25) is 0 Å². The zero-order chi connectivity index (χ0) is 16.4. The molecule has 0 saturated heterocycles. The summed E-state index contributed by atoms with van der Waals surface area (Å²) in [6.07, 6.45) is 0.609. The first-order valence-corrected chi connectivity index (χ1v) is 9.55. The number of nitrogens with zero attached hydrogens (tertiary/aromatic N) is 2. The van der Waals surface area contributed by atoms with E-state index in [0.717, 1.165) is 5.56 Å². The average Bonchev–Trinajstić information content (AvgIpc) is 2.54. The van der Waals surface area contributed by atoms with Gasteiger partial charge in [-0.1, -0.05) is 29.8 Å². The van der Waals surface area contributed by atoms with Gasteiger partial charge in [0, 0.05) is 24.0 Å². The van der Waals surface area contributed by atoms with Gasteiger partial charge in [-0.2, -0.15) is 12.7 Å². The molecule has 122 valence electrons. The highest BCUT2D eigenvalue weighted by Gasteiger charge is 2.36. The van der Waals surface area contributed by atoms with E-state index in [-0.39, 0.29) is 0 Å². The number of anilines is 2. The third kappa shape index (κ3) is 3.19. The second kappa shape index (κ2) is 6.69. The summed E-state index contributed by atoms with van der Waals surface area (Å²) in [6.45, 7) is 0.754. The van der Waals surface area contributed by atoms with E-state index in [9.17, 15) is 8.42 Å². The summed E-state index contributed by atoms with van der Waals surface area (Å²) in [6, 6.07) is 14.3. The lowest BCUT2D eigenvalue weighted by molar-refractivity contribution is 0.400. The van der Waals surface area contributed by atoms with Crippen LogP contribution >= 0.6 is 23.2 Å². The van der Waals surface area contributed by atoms with Crippen molar-refractivity contribution in [1.29, 1.82) is 0 Å². The third-order valence-electron chi connectivity index (χ3n) is 3.72. The molecule has 0 amide bonds. The molecule has 1 aliphatic rings. The minimum absolute atomic E-state index is 0.361. The Kier molecular flexibility index (Phi) is 4.82. The number of hydrogen-bond donors (Lipinski definition) is 0. The molecule has 4 nitrogen and oxygen atoms in total. The van der Waals surface area contributed by atoms with Crippen LogP contribution in [0, 0.1) is 0 Å². The van der Waals surface area contributed by atoms with Crippen molar-refractivity contribution >= 4 is 44.8 Å². The molecule has 2 aromatic carbocycles. The van der Waals surface area contributed by atoms with E-state index < -0.39 is 10.2 Å². The van der Waals surface area contributed by atoms with Gasteiger partial charge in [0.2, 0.25) is 0 Å². The van der Waals surface area contributed by atoms with Crippen molar-refractivity contribution in [3.05, 3.63) is 59.1 Å². The van der Waals surface area contributed by atoms with Gasteiger partial charge in [0.1, 0.15) is 0 Å². The van der Waals surface area contributed by atoms with Gasteiger partial charge in [0.05, 0.1) is 11.4 Å². The Morgan fingerprint density at radius 2 is 1.74 bits per heavy atom. The fourth-order valence-electron chi connectivity index (χ4n) is 2.63. The van der Waals surface area contributed by atoms with Gasteiger partial charge in [-0.15, -0.1) is 11.6 Å². The predicted octanol–water partition coefficient (Wildman–Crippen LogP) is 4.17. The fraction of sp³-hybridized carbons (Fsp3) is 0.250. The number of rotatable bonds is 4. The van der Waals surface area contributed by atoms with Crippen molar-refractivity contribution < 1.29 is 8.42 Å². The first-order valence-electron chi connectivity index (χ1n) is 7.24. The number of fused-ring (bicyclic) bond motifs is 1. The molecule has 1 heterocycles. The largest absolute Gasteiger partial charge is 0.308 e. The smallest absolute Gasteiger partial charge is 0.225 e. The van der Waals surface area contributed by atoms with Gasteiger partial charge in [-0.25, -0.2) is 4.31 Å². The quantitative estimate of drug-likeness (QED) is 0.757. The van der Waals surface area contributed by atoms with Crippen LogP contribution in [-0.4, -0.2) is 25.1 Å². The Morgan fingerprint density at radius 1 is 1.04 bits per heavy atom. The molecule has 0 spiro atoms. The standard InChI is InChI=1S/C16H16Cl2N2O2S/c17-10-3-11-19-12-13-4-1-2-5-16(13)20(23(19,21)22)15-8-6-14(18)7-9-15/h1-2,4-9H,3,10-12H2. The molecule has 0 N–H and O–H groups in total. The van der Waals surface area contributed by atoms with E-state index in [1.165, 1.54) is 8.61 Å². The lowest BCUT2D eigenvalue weighted by Gasteiger charge is -2.37. The fourth-order valence-corrected chi connectivity index (χ4v) is 4.59. The van der Waals surface area contributed by atoms with Gasteiger partial charge in [0.15, 0.2) is 0 Å². The first kappa shape index (κ1) is 16.6. The molecule has 0 saturated carbocycles. The van der Waals surface area contributed by atoms with Crippen molar-refractivity contribution in [1.82, 2.24) is 4.31 Å². The van der Waals surface area contributed by atoms with E-state index in [2.05, 4.69) is 0 Å². The zero-order valence-corrected chi connectivity index (χ0v) is 14.7. The molecule has 0 aliphatic carbocycles. The molecule has 0 aromatic heterocycles. The molecular weight excluding hydrogens is 355 g/mol. The Labute approximate surface area is 146 Å². The zero-order valence-electron chi connectivity index (χ0n) is 12.3. The minimum atomic E-state index is -3.65. The lowest BCUT2D eigenvalue weighted by atomic mass is 10.1. The molecule has 1 aliphatic heterocycles. The molecular formula is C16H16Cl2N2O2S. The highest BCUT2D eigenvalue weighted by molar-refractivity contribution is 7.90. The first-order chi connectivity index (χ1) is 11.0. The second-order valence-corrected chi connectivity index (χ2v) is 7.85. The summed E-state index contributed by atoms with van der Waals surface area (Å²) < 4.78 is 28.9. The Bertz CT molecular complexity index is 794. The summed E-state index contributed by atoms with van der Waals surface area (Å²) in [5.74, 6) is 0.425. The summed E-state index contributed by atoms with van der Waals surface area (Å²) in [7, 11) is -3.65. The second-order valence-electron chi connectivity index (χ2n) is 5.25. The maximum absolute atomic E-state index is 13.0. The third-order valence-corrected chi connectivity index (χ3v) is 6.07. The van der Waals surface area contributed by atoms with Gasteiger partial charge in [-0.05, 0) is 42.3 Å². The molecule has 0 atom stereocenters. The van der Waals surface area contributed by atoms with E-state index in [4.69, 9.17) is 23.2 Å². The lowest BCUT2D eigenvalue weighted by Crippen LogP contribution is -2.45. The number of para-hydroxylation sites is 1. The molecule has 0 bridgehead atoms. The van der Waals surface area contributed by atoms with Crippen LogP contribution < -0.4 is 4.31 Å². The van der Waals surface area contributed by atoms with Crippen molar-refractivity contribution in [2.45, 2.75) is 13.0 Å². The number of halogens is 2. The number of alkyl halides is 1.